The van der Waals surface area contributed by atoms with Crippen molar-refractivity contribution in [2.24, 2.45) is 5.41 Å². The molecule has 0 aromatic heterocycles. The number of likely N-dealkylation sites (N-methyl/N-ethyl adjacent to an activating group) is 1. The number of hydrogen-bond acceptors (Lipinski definition) is 10. The van der Waals surface area contributed by atoms with Crippen molar-refractivity contribution in [3.63, 3.8) is 0 Å². The van der Waals surface area contributed by atoms with Gasteiger partial charge in [-0.05, 0) is 6.08 Å². The summed E-state index contributed by atoms with van der Waals surface area (Å²) in [5, 5.41) is 4.70. The second-order valence-electron chi connectivity index (χ2n) is 9.42. The van der Waals surface area contributed by atoms with Gasteiger partial charge >= 0.3 is 17.9 Å². The summed E-state index contributed by atoms with van der Waals surface area (Å²) in [4.78, 5) is 72.7. The summed E-state index contributed by atoms with van der Waals surface area (Å²) in [6.45, 7) is 3.24. The van der Waals surface area contributed by atoms with Gasteiger partial charge in [-0.1, -0.05) is 25.6 Å². The summed E-state index contributed by atoms with van der Waals surface area (Å²) in [5.41, 5.74) is -1.28. The standard InChI is InChI=1S/C22H33N3O9S/c1-22(2,14-33-21(31)20(30)32-12-11-25(3,4)5)18-19(29)24-9-8-15(26)23-10-13-35-17(28)7-6-16(27)34-18/h6-7,18H,8-14H2,1-5H3,(H-,23,24,26,29)/p+1/b7-6+/t18-/m0/s1. The molecule has 0 bridgehead atoms. The quantitative estimate of drug-likeness (QED) is 0.198. The lowest BCUT2D eigenvalue weighted by atomic mass is 9.86. The predicted octanol–water partition coefficient (Wildman–Crippen LogP) is -0.831. The van der Waals surface area contributed by atoms with Crippen LogP contribution in [0.1, 0.15) is 20.3 Å². The molecular formula is C22H34N3O9S+. The van der Waals surface area contributed by atoms with Crippen molar-refractivity contribution in [2.75, 3.05) is 59.7 Å². The minimum absolute atomic E-state index is 0.0143. The summed E-state index contributed by atoms with van der Waals surface area (Å²) >= 11 is 0.907. The smallest absolute Gasteiger partial charge is 0.417 e. The third-order valence-corrected chi connectivity index (χ3v) is 5.42. The van der Waals surface area contributed by atoms with Gasteiger partial charge in [-0.15, -0.1) is 0 Å². The molecule has 1 heterocycles. The average molecular weight is 517 g/mol. The third kappa shape index (κ3) is 12.4. The van der Waals surface area contributed by atoms with Crippen molar-refractivity contribution >= 4 is 46.6 Å². The number of thioether (sulfide) groups is 1. The van der Waals surface area contributed by atoms with Crippen LogP contribution in [0.3, 0.4) is 0 Å². The molecular weight excluding hydrogens is 482 g/mol. The molecule has 0 saturated carbocycles. The van der Waals surface area contributed by atoms with E-state index in [1.807, 2.05) is 21.1 Å². The number of cyclic esters (lactones) is 1. The molecule has 0 spiro atoms. The summed E-state index contributed by atoms with van der Waals surface area (Å²) in [7, 11) is 5.68. The number of nitrogens with one attached hydrogen (secondary N) is 2. The van der Waals surface area contributed by atoms with E-state index < -0.39 is 47.1 Å². The largest absolute Gasteiger partial charge is 0.457 e. The molecule has 0 aromatic rings. The first-order chi connectivity index (χ1) is 16.2. The second-order valence-corrected chi connectivity index (χ2v) is 10.5. The molecule has 1 aliphatic heterocycles. The Bertz CT molecular complexity index is 850. The van der Waals surface area contributed by atoms with Gasteiger partial charge in [-0.2, -0.15) is 0 Å². The van der Waals surface area contributed by atoms with Crippen LogP contribution in [0.5, 0.6) is 0 Å². The first kappa shape index (κ1) is 30.1. The molecule has 1 rings (SSSR count). The second kappa shape index (κ2) is 13.8. The first-order valence-electron chi connectivity index (χ1n) is 11.0. The van der Waals surface area contributed by atoms with E-state index in [0.29, 0.717) is 16.8 Å². The molecule has 13 heteroatoms. The Morgan fingerprint density at radius 1 is 1.06 bits per heavy atom. The maximum atomic E-state index is 12.8. The molecule has 196 valence electrons. The first-order valence-corrected chi connectivity index (χ1v) is 11.9. The lowest BCUT2D eigenvalue weighted by molar-refractivity contribution is -0.870. The number of esters is 3. The monoisotopic (exact) mass is 516 g/mol. The van der Waals surface area contributed by atoms with Crippen LogP contribution in [0.2, 0.25) is 0 Å². The molecule has 0 unspecified atom stereocenters. The van der Waals surface area contributed by atoms with Crippen LogP contribution in [0, 0.1) is 5.41 Å². The number of quaternary nitrogens is 1. The van der Waals surface area contributed by atoms with Gasteiger partial charge in [0, 0.05) is 36.8 Å². The fourth-order valence-corrected chi connectivity index (χ4v) is 3.16. The zero-order chi connectivity index (χ0) is 26.6. The minimum Gasteiger partial charge on any atom is -0.457 e. The van der Waals surface area contributed by atoms with Crippen LogP contribution in [0.25, 0.3) is 0 Å². The average Bonchev–Trinajstić information content (AvgIpc) is 2.75. The number of hydrogen-bond donors (Lipinski definition) is 2. The van der Waals surface area contributed by atoms with Crippen LogP contribution >= 0.6 is 11.8 Å². The van der Waals surface area contributed by atoms with Crippen molar-refractivity contribution in [2.45, 2.75) is 26.4 Å². The Hall–Kier alpha value is -2.93. The minimum atomic E-state index is -1.46. The van der Waals surface area contributed by atoms with Gasteiger partial charge in [0.15, 0.2) is 6.10 Å². The Kier molecular flexibility index (Phi) is 11.9. The Morgan fingerprint density at radius 3 is 2.37 bits per heavy atom. The van der Waals surface area contributed by atoms with E-state index in [1.165, 1.54) is 13.8 Å². The van der Waals surface area contributed by atoms with Crippen LogP contribution < -0.4 is 10.6 Å². The molecule has 0 aromatic carbocycles. The van der Waals surface area contributed by atoms with E-state index in [2.05, 4.69) is 10.6 Å². The normalized spacial score (nSPS) is 19.9. The number of rotatable bonds is 6. The van der Waals surface area contributed by atoms with Crippen molar-refractivity contribution in [1.82, 2.24) is 10.6 Å². The number of carbonyl (C=O) groups excluding carboxylic acids is 6. The topological polar surface area (TPSA) is 154 Å². The SMILES string of the molecule is CC(C)(COC(=O)C(=O)OCC[N+](C)(C)C)[C@H]1OC(=O)/C=C/C(=O)SCCNC(=O)CCNC1=O. The van der Waals surface area contributed by atoms with E-state index >= 15 is 0 Å². The molecule has 1 aliphatic rings. The fraction of sp³-hybridized carbons (Fsp3) is 0.636. The van der Waals surface area contributed by atoms with E-state index in [9.17, 15) is 28.8 Å². The molecule has 12 nitrogen and oxygen atoms in total. The van der Waals surface area contributed by atoms with E-state index in [0.717, 1.165) is 23.9 Å². The Balaban J connectivity index is 2.87. The highest BCUT2D eigenvalue weighted by Crippen LogP contribution is 2.25. The molecule has 2 amide bonds. The van der Waals surface area contributed by atoms with Crippen LogP contribution in [0.15, 0.2) is 12.2 Å². The van der Waals surface area contributed by atoms with Gasteiger partial charge < -0.3 is 29.3 Å². The zero-order valence-corrected chi connectivity index (χ0v) is 21.5. The molecule has 0 radical (unpaired) electrons. The molecule has 35 heavy (non-hydrogen) atoms. The van der Waals surface area contributed by atoms with E-state index in [-0.39, 0.29) is 32.0 Å². The number of nitrogens with zero attached hydrogens (tertiary/aromatic N) is 1. The molecule has 0 aliphatic carbocycles. The lowest BCUT2D eigenvalue weighted by Crippen LogP contribution is -2.49. The van der Waals surface area contributed by atoms with Gasteiger partial charge in [0.05, 0.1) is 21.1 Å². The maximum Gasteiger partial charge on any atom is 0.417 e. The van der Waals surface area contributed by atoms with Crippen molar-refractivity contribution in [1.29, 1.82) is 0 Å². The van der Waals surface area contributed by atoms with Crippen LogP contribution in [-0.2, 0) is 43.0 Å². The zero-order valence-electron chi connectivity index (χ0n) is 20.7. The number of ether oxygens (including phenoxy) is 3. The Morgan fingerprint density at radius 2 is 1.71 bits per heavy atom. The molecule has 0 fully saturated rings. The fourth-order valence-electron chi connectivity index (χ4n) is 2.59. The summed E-state index contributed by atoms with van der Waals surface area (Å²) in [6, 6.07) is 0. The van der Waals surface area contributed by atoms with Gasteiger partial charge in [0.2, 0.25) is 11.0 Å². The van der Waals surface area contributed by atoms with Gasteiger partial charge in [0.1, 0.15) is 19.8 Å². The van der Waals surface area contributed by atoms with Gasteiger partial charge in [-0.3, -0.25) is 14.4 Å². The number of amides is 2. The van der Waals surface area contributed by atoms with Crippen molar-refractivity contribution in [3.8, 4) is 0 Å². The molecule has 0 saturated heterocycles. The third-order valence-electron chi connectivity index (χ3n) is 4.59. The molecule has 1 atom stereocenters. The van der Waals surface area contributed by atoms with Crippen molar-refractivity contribution in [3.05, 3.63) is 12.2 Å². The maximum absolute atomic E-state index is 12.8. The predicted molar refractivity (Wildman–Crippen MR) is 126 cm³/mol. The van der Waals surface area contributed by atoms with Crippen molar-refractivity contribution < 1.29 is 47.5 Å². The van der Waals surface area contributed by atoms with Gasteiger partial charge in [0.25, 0.3) is 5.91 Å². The highest BCUT2D eigenvalue weighted by atomic mass is 32.2. The summed E-state index contributed by atoms with van der Waals surface area (Å²) < 4.78 is 15.7. The highest BCUT2D eigenvalue weighted by molar-refractivity contribution is 8.14. The van der Waals surface area contributed by atoms with Crippen LogP contribution in [0.4, 0.5) is 0 Å². The van der Waals surface area contributed by atoms with E-state index in [4.69, 9.17) is 14.2 Å². The van der Waals surface area contributed by atoms with E-state index in [1.54, 1.807) is 0 Å². The lowest BCUT2D eigenvalue weighted by Gasteiger charge is -2.31. The summed E-state index contributed by atoms with van der Waals surface area (Å²) in [5.74, 6) is -4.13. The molecule has 2 N–H and O–H groups in total. The Labute approximate surface area is 208 Å². The summed E-state index contributed by atoms with van der Waals surface area (Å²) in [6.07, 6.45) is 0.402. The number of carbonyl (C=O) groups is 6. The van der Waals surface area contributed by atoms with Gasteiger partial charge in [-0.25, -0.2) is 14.4 Å². The highest BCUT2D eigenvalue weighted by Gasteiger charge is 2.40. The van der Waals surface area contributed by atoms with Crippen LogP contribution in [-0.4, -0.2) is 105 Å².